The molecule has 182 valence electrons. The van der Waals surface area contributed by atoms with Gasteiger partial charge in [-0.05, 0) is 66.1 Å². The van der Waals surface area contributed by atoms with Gasteiger partial charge in [0.15, 0.2) is 0 Å². The SMILES string of the molecule is C[C@@H](NC1CCCC(c2ccc(C(=O)NC(C(=O)O)C(=O)O)cc2)C1)c1cccc2ccccc12. The van der Waals surface area contributed by atoms with Gasteiger partial charge in [-0.1, -0.05) is 61.0 Å². The third kappa shape index (κ3) is 5.69. The molecule has 7 nitrogen and oxygen atoms in total. The molecule has 3 atom stereocenters. The molecule has 0 aliphatic heterocycles. The van der Waals surface area contributed by atoms with Gasteiger partial charge in [0.25, 0.3) is 5.91 Å². The fraction of sp³-hybridized carbons (Fsp3) is 0.321. The van der Waals surface area contributed by atoms with Crippen LogP contribution in [0.3, 0.4) is 0 Å². The van der Waals surface area contributed by atoms with E-state index in [9.17, 15) is 14.4 Å². The molecule has 0 bridgehead atoms. The minimum atomic E-state index is -1.98. The normalized spacial score (nSPS) is 18.8. The number of amides is 1. The number of rotatable bonds is 8. The van der Waals surface area contributed by atoms with E-state index < -0.39 is 23.9 Å². The van der Waals surface area contributed by atoms with Crippen molar-refractivity contribution in [3.05, 3.63) is 83.4 Å². The van der Waals surface area contributed by atoms with Gasteiger partial charge < -0.3 is 20.8 Å². The molecule has 1 saturated carbocycles. The molecule has 0 radical (unpaired) electrons. The van der Waals surface area contributed by atoms with Crippen molar-refractivity contribution >= 4 is 28.6 Å². The quantitative estimate of drug-likeness (QED) is 0.358. The van der Waals surface area contributed by atoms with Gasteiger partial charge in [-0.15, -0.1) is 0 Å². The Kier molecular flexibility index (Phi) is 7.46. The summed E-state index contributed by atoms with van der Waals surface area (Å²) in [5.74, 6) is -3.59. The van der Waals surface area contributed by atoms with Crippen LogP contribution in [0.15, 0.2) is 66.7 Å². The highest BCUT2D eigenvalue weighted by Crippen LogP contribution is 2.34. The first kappa shape index (κ1) is 24.4. The van der Waals surface area contributed by atoms with Gasteiger partial charge in [0.2, 0.25) is 6.04 Å². The topological polar surface area (TPSA) is 116 Å². The maximum atomic E-state index is 12.3. The molecule has 1 aliphatic carbocycles. The monoisotopic (exact) mass is 474 g/mol. The Morgan fingerprint density at radius 1 is 0.886 bits per heavy atom. The molecule has 0 heterocycles. The van der Waals surface area contributed by atoms with Crippen molar-refractivity contribution in [3.8, 4) is 0 Å². The third-order valence-corrected chi connectivity index (χ3v) is 6.86. The molecule has 0 spiro atoms. The van der Waals surface area contributed by atoms with Gasteiger partial charge in [0, 0.05) is 17.6 Å². The summed E-state index contributed by atoms with van der Waals surface area (Å²) in [6.07, 6.45) is 4.26. The Hall–Kier alpha value is -3.71. The molecule has 1 fully saturated rings. The van der Waals surface area contributed by atoms with E-state index in [0.29, 0.717) is 12.0 Å². The third-order valence-electron chi connectivity index (χ3n) is 6.86. The molecule has 2 unspecified atom stereocenters. The smallest absolute Gasteiger partial charge is 0.338 e. The summed E-state index contributed by atoms with van der Waals surface area (Å²) in [6.45, 7) is 2.21. The second-order valence-corrected chi connectivity index (χ2v) is 9.22. The van der Waals surface area contributed by atoms with E-state index >= 15 is 0 Å². The van der Waals surface area contributed by atoms with E-state index in [0.717, 1.165) is 31.2 Å². The lowest BCUT2D eigenvalue weighted by Crippen LogP contribution is -2.46. The molecular weight excluding hydrogens is 444 g/mol. The number of benzene rings is 3. The molecule has 0 saturated heterocycles. The van der Waals surface area contributed by atoms with Gasteiger partial charge in [0.1, 0.15) is 0 Å². The molecule has 4 rings (SSSR count). The molecule has 7 heteroatoms. The summed E-state index contributed by atoms with van der Waals surface area (Å²) in [5.41, 5.74) is 2.65. The first-order chi connectivity index (χ1) is 16.8. The number of carboxylic acids is 2. The average molecular weight is 475 g/mol. The number of carbonyl (C=O) groups excluding carboxylic acids is 1. The van der Waals surface area contributed by atoms with Crippen LogP contribution in [0, 0.1) is 0 Å². The first-order valence-corrected chi connectivity index (χ1v) is 11.9. The molecular formula is C28H30N2O5. The lowest BCUT2D eigenvalue weighted by molar-refractivity contribution is -0.150. The fourth-order valence-electron chi connectivity index (χ4n) is 5.07. The van der Waals surface area contributed by atoms with Crippen LogP contribution < -0.4 is 10.6 Å². The second kappa shape index (κ2) is 10.7. The van der Waals surface area contributed by atoms with Crippen LogP contribution >= 0.6 is 0 Å². The van der Waals surface area contributed by atoms with Crippen molar-refractivity contribution in [1.82, 2.24) is 10.6 Å². The van der Waals surface area contributed by atoms with Gasteiger partial charge >= 0.3 is 11.9 Å². The van der Waals surface area contributed by atoms with Crippen LogP contribution in [0.4, 0.5) is 0 Å². The van der Waals surface area contributed by atoms with Crippen LogP contribution in [0.25, 0.3) is 10.8 Å². The van der Waals surface area contributed by atoms with Crippen molar-refractivity contribution in [2.24, 2.45) is 0 Å². The van der Waals surface area contributed by atoms with E-state index in [1.54, 1.807) is 12.1 Å². The lowest BCUT2D eigenvalue weighted by Gasteiger charge is -2.32. The number of nitrogens with one attached hydrogen (secondary N) is 2. The molecule has 4 N–H and O–H groups in total. The van der Waals surface area contributed by atoms with Crippen molar-refractivity contribution < 1.29 is 24.6 Å². The standard InChI is InChI=1S/C28H30N2O5/c1-17(23-11-5-7-19-6-2-3-10-24(19)23)29-22-9-4-8-21(16-22)18-12-14-20(15-13-18)26(31)30-25(27(32)33)28(34)35/h2-3,5-7,10-15,17,21-22,25,29H,4,8-9,16H2,1H3,(H,30,31)(H,32,33)(H,34,35)/t17-,21?,22?/m1/s1. The Morgan fingerprint density at radius 2 is 1.57 bits per heavy atom. The molecule has 35 heavy (non-hydrogen) atoms. The maximum Gasteiger partial charge on any atom is 0.338 e. The van der Waals surface area contributed by atoms with E-state index in [2.05, 4.69) is 54.7 Å². The Balaban J connectivity index is 1.40. The summed E-state index contributed by atoms with van der Waals surface area (Å²) in [5, 5.41) is 26.3. The van der Waals surface area contributed by atoms with E-state index in [4.69, 9.17) is 10.2 Å². The Labute approximate surface area is 204 Å². The zero-order valence-electron chi connectivity index (χ0n) is 19.6. The van der Waals surface area contributed by atoms with Crippen LogP contribution in [0.2, 0.25) is 0 Å². The van der Waals surface area contributed by atoms with Crippen LogP contribution in [0.5, 0.6) is 0 Å². The summed E-state index contributed by atoms with van der Waals surface area (Å²) < 4.78 is 0. The zero-order chi connectivity index (χ0) is 24.9. The maximum absolute atomic E-state index is 12.3. The van der Waals surface area contributed by atoms with E-state index in [-0.39, 0.29) is 11.6 Å². The molecule has 1 amide bonds. The predicted molar refractivity (Wildman–Crippen MR) is 133 cm³/mol. The summed E-state index contributed by atoms with van der Waals surface area (Å²) in [4.78, 5) is 34.4. The van der Waals surface area contributed by atoms with Crippen molar-refractivity contribution in [1.29, 1.82) is 0 Å². The molecule has 0 aromatic heterocycles. The Bertz CT molecular complexity index is 1200. The Morgan fingerprint density at radius 3 is 2.29 bits per heavy atom. The van der Waals surface area contributed by atoms with Gasteiger partial charge in [-0.3, -0.25) is 4.79 Å². The minimum Gasteiger partial charge on any atom is -0.479 e. The first-order valence-electron chi connectivity index (χ1n) is 11.9. The molecule has 3 aromatic carbocycles. The zero-order valence-corrected chi connectivity index (χ0v) is 19.6. The predicted octanol–water partition coefficient (Wildman–Crippen LogP) is 4.48. The number of hydrogen-bond donors (Lipinski definition) is 4. The van der Waals surface area contributed by atoms with Crippen LogP contribution in [0.1, 0.15) is 66.1 Å². The summed E-state index contributed by atoms with van der Waals surface area (Å²) in [6, 6.07) is 20.5. The van der Waals surface area contributed by atoms with Crippen molar-refractivity contribution in [2.75, 3.05) is 0 Å². The number of fused-ring (bicyclic) bond motifs is 1. The molecule has 3 aromatic rings. The van der Waals surface area contributed by atoms with Gasteiger partial charge in [-0.25, -0.2) is 9.59 Å². The molecule has 1 aliphatic rings. The number of carboxylic acid groups (broad SMARTS) is 2. The summed E-state index contributed by atoms with van der Waals surface area (Å²) >= 11 is 0. The highest BCUT2D eigenvalue weighted by Gasteiger charge is 2.28. The number of hydrogen-bond acceptors (Lipinski definition) is 4. The average Bonchev–Trinajstić information content (AvgIpc) is 2.86. The van der Waals surface area contributed by atoms with Crippen molar-refractivity contribution in [2.45, 2.75) is 56.7 Å². The highest BCUT2D eigenvalue weighted by atomic mass is 16.4. The second-order valence-electron chi connectivity index (χ2n) is 9.22. The number of aliphatic carboxylic acids is 2. The van der Waals surface area contributed by atoms with E-state index in [1.807, 2.05) is 17.4 Å². The van der Waals surface area contributed by atoms with Gasteiger partial charge in [0.05, 0.1) is 0 Å². The van der Waals surface area contributed by atoms with E-state index in [1.165, 1.54) is 16.3 Å². The van der Waals surface area contributed by atoms with Crippen LogP contribution in [-0.2, 0) is 9.59 Å². The number of carbonyl (C=O) groups is 3. The van der Waals surface area contributed by atoms with Crippen LogP contribution in [-0.4, -0.2) is 40.1 Å². The fourth-order valence-corrected chi connectivity index (χ4v) is 5.07. The minimum absolute atomic E-state index is 0.215. The lowest BCUT2D eigenvalue weighted by atomic mass is 9.80. The van der Waals surface area contributed by atoms with Gasteiger partial charge in [-0.2, -0.15) is 0 Å². The summed E-state index contributed by atoms with van der Waals surface area (Å²) in [7, 11) is 0. The largest absolute Gasteiger partial charge is 0.479 e. The van der Waals surface area contributed by atoms with Crippen molar-refractivity contribution in [3.63, 3.8) is 0 Å². The highest BCUT2D eigenvalue weighted by molar-refractivity contribution is 6.04.